The summed E-state index contributed by atoms with van der Waals surface area (Å²) in [6, 6.07) is -1.93. The van der Waals surface area contributed by atoms with E-state index in [1.807, 2.05) is 0 Å². The van der Waals surface area contributed by atoms with E-state index in [9.17, 15) is 23.1 Å². The van der Waals surface area contributed by atoms with Crippen molar-refractivity contribution < 1.29 is 28.2 Å². The number of carbonyl (C=O) groups excluding carboxylic acids is 1. The zero-order valence-corrected chi connectivity index (χ0v) is 11.9. The number of β-amino-alcohol motifs (C(OH)–C–C–N with tert-alkyl or cyclic N) is 1. The van der Waals surface area contributed by atoms with Crippen LogP contribution in [0.4, 0.5) is 0 Å². The van der Waals surface area contributed by atoms with Gasteiger partial charge in [0.2, 0.25) is 15.9 Å². The first-order valence-corrected chi connectivity index (χ1v) is 8.25. The molecule has 0 aromatic rings. The zero-order chi connectivity index (χ0) is 15.1. The van der Waals surface area contributed by atoms with Crippen LogP contribution in [0.1, 0.15) is 19.3 Å². The molecule has 2 fully saturated rings. The first-order valence-electron chi connectivity index (χ1n) is 6.40. The maximum atomic E-state index is 12.4. The third-order valence-electron chi connectivity index (χ3n) is 3.76. The van der Waals surface area contributed by atoms with Gasteiger partial charge in [0.05, 0.1) is 12.4 Å². The van der Waals surface area contributed by atoms with Crippen LogP contribution in [0.3, 0.4) is 0 Å². The molecule has 9 heteroatoms. The first-order chi connectivity index (χ1) is 9.21. The second-order valence-electron chi connectivity index (χ2n) is 5.27. The Bertz CT molecular complexity index is 519. The van der Waals surface area contributed by atoms with Crippen molar-refractivity contribution in [3.63, 3.8) is 0 Å². The minimum absolute atomic E-state index is 0.0212. The molecule has 0 aliphatic carbocycles. The third kappa shape index (κ3) is 2.79. The molecule has 2 N–H and O–H groups in total. The van der Waals surface area contributed by atoms with Crippen molar-refractivity contribution in [1.82, 2.24) is 9.21 Å². The van der Waals surface area contributed by atoms with Gasteiger partial charge in [0.25, 0.3) is 0 Å². The summed E-state index contributed by atoms with van der Waals surface area (Å²) >= 11 is 0. The monoisotopic (exact) mass is 306 g/mol. The molecule has 2 aliphatic heterocycles. The highest BCUT2D eigenvalue weighted by Gasteiger charge is 2.45. The fourth-order valence-electron chi connectivity index (χ4n) is 2.87. The molecule has 20 heavy (non-hydrogen) atoms. The normalized spacial score (nSPS) is 31.7. The molecule has 0 radical (unpaired) electrons. The van der Waals surface area contributed by atoms with Gasteiger partial charge in [0.1, 0.15) is 12.1 Å². The van der Waals surface area contributed by atoms with Crippen molar-refractivity contribution in [2.45, 2.75) is 37.5 Å². The van der Waals surface area contributed by atoms with Gasteiger partial charge in [-0.25, -0.2) is 13.2 Å². The first kappa shape index (κ1) is 15.2. The largest absolute Gasteiger partial charge is 0.480 e. The van der Waals surface area contributed by atoms with E-state index in [2.05, 4.69) is 0 Å². The lowest BCUT2D eigenvalue weighted by molar-refractivity contribution is -0.149. The van der Waals surface area contributed by atoms with Gasteiger partial charge in [0.15, 0.2) is 0 Å². The molecule has 0 bridgehead atoms. The van der Waals surface area contributed by atoms with E-state index in [1.54, 1.807) is 0 Å². The number of aliphatic hydroxyl groups excluding tert-OH is 1. The molecule has 8 nitrogen and oxygen atoms in total. The Morgan fingerprint density at radius 2 is 1.90 bits per heavy atom. The summed E-state index contributed by atoms with van der Waals surface area (Å²) < 4.78 is 24.4. The average Bonchev–Trinajstić information content (AvgIpc) is 2.92. The smallest absolute Gasteiger partial charge is 0.326 e. The highest BCUT2D eigenvalue weighted by molar-refractivity contribution is 7.88. The van der Waals surface area contributed by atoms with Crippen LogP contribution in [0.25, 0.3) is 0 Å². The number of hydrogen-bond acceptors (Lipinski definition) is 5. The van der Waals surface area contributed by atoms with Crippen LogP contribution in [0, 0.1) is 0 Å². The fraction of sp³-hybridized carbons (Fsp3) is 0.818. The number of aliphatic carboxylic acids is 1. The quantitative estimate of drug-likeness (QED) is 0.653. The van der Waals surface area contributed by atoms with Gasteiger partial charge in [-0.3, -0.25) is 4.79 Å². The molecule has 3 atom stereocenters. The number of carbonyl (C=O) groups is 2. The lowest BCUT2D eigenvalue weighted by Gasteiger charge is -2.28. The summed E-state index contributed by atoms with van der Waals surface area (Å²) in [6.45, 7) is 0.202. The predicted molar refractivity (Wildman–Crippen MR) is 68.3 cm³/mol. The number of nitrogens with zero attached hydrogens (tertiary/aromatic N) is 2. The van der Waals surface area contributed by atoms with Crippen LogP contribution in [-0.4, -0.2) is 77.2 Å². The molecular formula is C11H18N2O6S. The van der Waals surface area contributed by atoms with Crippen molar-refractivity contribution in [2.24, 2.45) is 0 Å². The maximum Gasteiger partial charge on any atom is 0.326 e. The molecule has 2 aliphatic rings. The van der Waals surface area contributed by atoms with Crippen LogP contribution in [-0.2, 0) is 19.6 Å². The van der Waals surface area contributed by atoms with E-state index in [-0.39, 0.29) is 19.5 Å². The highest BCUT2D eigenvalue weighted by atomic mass is 32.2. The molecule has 0 saturated carbocycles. The van der Waals surface area contributed by atoms with Crippen LogP contribution in [0.2, 0.25) is 0 Å². The van der Waals surface area contributed by atoms with Gasteiger partial charge in [-0.2, -0.15) is 4.31 Å². The van der Waals surface area contributed by atoms with E-state index in [4.69, 9.17) is 5.11 Å². The summed E-state index contributed by atoms with van der Waals surface area (Å²) in [5.41, 5.74) is 0. The minimum Gasteiger partial charge on any atom is -0.480 e. The number of carboxylic acids is 1. The van der Waals surface area contributed by atoms with Crippen LogP contribution < -0.4 is 0 Å². The summed E-state index contributed by atoms with van der Waals surface area (Å²) in [5.74, 6) is -1.71. The van der Waals surface area contributed by atoms with Crippen molar-refractivity contribution in [3.8, 4) is 0 Å². The van der Waals surface area contributed by atoms with Crippen molar-refractivity contribution in [2.75, 3.05) is 19.3 Å². The highest BCUT2D eigenvalue weighted by Crippen LogP contribution is 2.26. The molecule has 1 amide bonds. The number of hydrogen-bond donors (Lipinski definition) is 2. The number of likely N-dealkylation sites (tertiary alicyclic amines) is 1. The standard InChI is InChI=1S/C11H18N2O6S/c1-20(18,19)13-4-2-3-8(13)10(15)12-6-7(14)5-9(12)11(16)17/h7-9,14H,2-6H2,1H3,(H,16,17)/t7-,8?,9+/m1/s1. The molecule has 1 unspecified atom stereocenters. The average molecular weight is 306 g/mol. The Morgan fingerprint density at radius 3 is 2.45 bits per heavy atom. The summed E-state index contributed by atoms with van der Waals surface area (Å²) in [5, 5.41) is 18.6. The second kappa shape index (κ2) is 5.30. The zero-order valence-electron chi connectivity index (χ0n) is 11.1. The van der Waals surface area contributed by atoms with Gasteiger partial charge in [-0.15, -0.1) is 0 Å². The molecule has 2 rings (SSSR count). The Morgan fingerprint density at radius 1 is 1.25 bits per heavy atom. The number of sulfonamides is 1. The SMILES string of the molecule is CS(=O)(=O)N1CCCC1C(=O)N1C[C@H](O)C[C@H]1C(=O)O. The van der Waals surface area contributed by atoms with Gasteiger partial charge in [-0.05, 0) is 12.8 Å². The van der Waals surface area contributed by atoms with Crippen molar-refractivity contribution >= 4 is 21.9 Å². The maximum absolute atomic E-state index is 12.4. The molecule has 0 spiro atoms. The van der Waals surface area contributed by atoms with Crippen LogP contribution in [0.5, 0.6) is 0 Å². The molecule has 2 saturated heterocycles. The fourth-order valence-corrected chi connectivity index (χ4v) is 3.99. The van der Waals surface area contributed by atoms with Gasteiger partial charge >= 0.3 is 5.97 Å². The Kier molecular flexibility index (Phi) is 4.03. The summed E-state index contributed by atoms with van der Waals surface area (Å²) in [6.07, 6.45) is 1.08. The molecule has 0 aromatic heterocycles. The van der Waals surface area contributed by atoms with E-state index < -0.39 is 40.1 Å². The summed E-state index contributed by atoms with van der Waals surface area (Å²) in [7, 11) is -3.50. The third-order valence-corrected chi connectivity index (χ3v) is 5.05. The van der Waals surface area contributed by atoms with E-state index in [0.29, 0.717) is 12.8 Å². The number of carboxylic acid groups (broad SMARTS) is 1. The van der Waals surface area contributed by atoms with Crippen LogP contribution >= 0.6 is 0 Å². The molecule has 0 aromatic carbocycles. The number of aliphatic hydroxyl groups is 1. The van der Waals surface area contributed by atoms with E-state index in [0.717, 1.165) is 15.5 Å². The molecular weight excluding hydrogens is 288 g/mol. The summed E-state index contributed by atoms with van der Waals surface area (Å²) in [4.78, 5) is 24.6. The topological polar surface area (TPSA) is 115 Å². The minimum atomic E-state index is -3.50. The van der Waals surface area contributed by atoms with Gasteiger partial charge in [0, 0.05) is 19.5 Å². The Balaban J connectivity index is 2.20. The van der Waals surface area contributed by atoms with Crippen LogP contribution in [0.15, 0.2) is 0 Å². The van der Waals surface area contributed by atoms with Crippen molar-refractivity contribution in [1.29, 1.82) is 0 Å². The van der Waals surface area contributed by atoms with Crippen molar-refractivity contribution in [3.05, 3.63) is 0 Å². The molecule has 114 valence electrons. The van der Waals surface area contributed by atoms with E-state index in [1.165, 1.54) is 0 Å². The lowest BCUT2D eigenvalue weighted by atomic mass is 10.1. The van der Waals surface area contributed by atoms with E-state index >= 15 is 0 Å². The van der Waals surface area contributed by atoms with Gasteiger partial charge < -0.3 is 15.1 Å². The number of amides is 1. The predicted octanol–water partition coefficient (Wildman–Crippen LogP) is -1.54. The Labute approximate surface area is 117 Å². The number of rotatable bonds is 3. The molecule has 2 heterocycles. The second-order valence-corrected chi connectivity index (χ2v) is 7.20. The lowest BCUT2D eigenvalue weighted by Crippen LogP contribution is -2.50. The van der Waals surface area contributed by atoms with Gasteiger partial charge in [-0.1, -0.05) is 0 Å². The Hall–Kier alpha value is -1.19.